The molecule has 2 saturated heterocycles. The molecule has 0 radical (unpaired) electrons. The SMILES string of the molecule is CCCCc1nc2ccccc2c(=O)n1-c1ccc(N2C[C@@H]3CCCN3C2=O)cc1.Cl. The summed E-state index contributed by atoms with van der Waals surface area (Å²) < 4.78 is 1.73. The number of nitrogens with zero attached hydrogens (tertiary/aromatic N) is 4. The molecule has 2 aromatic carbocycles. The number of anilines is 1. The Morgan fingerprint density at radius 3 is 2.52 bits per heavy atom. The van der Waals surface area contributed by atoms with Crippen molar-refractivity contribution in [3.63, 3.8) is 0 Å². The number of hydrogen-bond acceptors (Lipinski definition) is 3. The molecule has 3 aromatic rings. The second kappa shape index (κ2) is 8.71. The Morgan fingerprint density at radius 1 is 1.03 bits per heavy atom. The van der Waals surface area contributed by atoms with E-state index in [1.165, 1.54) is 0 Å². The molecule has 0 aliphatic carbocycles. The average molecular weight is 439 g/mol. The number of fused-ring (bicyclic) bond motifs is 2. The van der Waals surface area contributed by atoms with E-state index in [9.17, 15) is 9.59 Å². The molecule has 2 amide bonds. The molecule has 7 heteroatoms. The number of rotatable bonds is 5. The largest absolute Gasteiger partial charge is 0.324 e. The maximum Gasteiger partial charge on any atom is 0.324 e. The highest BCUT2D eigenvalue weighted by molar-refractivity contribution is 5.95. The minimum absolute atomic E-state index is 0. The first-order chi connectivity index (χ1) is 14.7. The van der Waals surface area contributed by atoms with Gasteiger partial charge < -0.3 is 4.90 Å². The van der Waals surface area contributed by atoms with Crippen LogP contribution in [-0.2, 0) is 6.42 Å². The molecule has 5 rings (SSSR count). The molecule has 31 heavy (non-hydrogen) atoms. The quantitative estimate of drug-likeness (QED) is 0.587. The number of unbranched alkanes of at least 4 members (excludes halogenated alkanes) is 1. The zero-order valence-corrected chi connectivity index (χ0v) is 18.5. The maximum absolute atomic E-state index is 13.3. The Bertz CT molecular complexity index is 1160. The monoisotopic (exact) mass is 438 g/mol. The van der Waals surface area contributed by atoms with E-state index in [1.54, 1.807) is 4.57 Å². The number of para-hydroxylation sites is 1. The van der Waals surface area contributed by atoms with Crippen LogP contribution in [0.3, 0.4) is 0 Å². The molecule has 0 saturated carbocycles. The molecule has 1 aromatic heterocycles. The van der Waals surface area contributed by atoms with Gasteiger partial charge in [-0.25, -0.2) is 9.78 Å². The first kappa shape index (κ1) is 21.4. The van der Waals surface area contributed by atoms with E-state index >= 15 is 0 Å². The first-order valence-electron chi connectivity index (χ1n) is 10.9. The summed E-state index contributed by atoms with van der Waals surface area (Å²) in [6, 6.07) is 15.7. The number of aryl methyl sites for hydroxylation is 1. The van der Waals surface area contributed by atoms with Crippen molar-refractivity contribution in [2.75, 3.05) is 18.0 Å². The first-order valence-corrected chi connectivity index (χ1v) is 10.9. The highest BCUT2D eigenvalue weighted by Gasteiger charge is 2.40. The number of hydrogen-bond donors (Lipinski definition) is 0. The van der Waals surface area contributed by atoms with Crippen LogP contribution >= 0.6 is 12.4 Å². The standard InChI is InChI=1S/C24H26N4O2.ClH/c1-2-3-10-22-25-21-9-5-4-8-20(21)23(29)28(22)18-13-11-17(12-14-18)27-16-19-7-6-15-26(19)24(27)30;/h4-5,8-9,11-14,19H,2-3,6-7,10,15-16H2,1H3;1H/t19-;/m0./s1. The Balaban J connectivity index is 0.00000231. The Kier molecular flexibility index (Phi) is 6.01. The number of amides is 2. The third-order valence-corrected chi connectivity index (χ3v) is 6.27. The lowest BCUT2D eigenvalue weighted by molar-refractivity contribution is 0.219. The fourth-order valence-electron chi connectivity index (χ4n) is 4.67. The average Bonchev–Trinajstić information content (AvgIpc) is 3.36. The zero-order chi connectivity index (χ0) is 20.7. The smallest absolute Gasteiger partial charge is 0.320 e. The van der Waals surface area contributed by atoms with Gasteiger partial charge in [0.1, 0.15) is 5.82 Å². The van der Waals surface area contributed by atoms with Crippen LogP contribution in [-0.4, -0.2) is 39.6 Å². The second-order valence-electron chi connectivity index (χ2n) is 8.19. The fraction of sp³-hybridized carbons (Fsp3) is 0.375. The van der Waals surface area contributed by atoms with Crippen molar-refractivity contribution < 1.29 is 4.79 Å². The van der Waals surface area contributed by atoms with Crippen LogP contribution < -0.4 is 10.5 Å². The van der Waals surface area contributed by atoms with Crippen molar-refractivity contribution in [3.05, 3.63) is 64.7 Å². The van der Waals surface area contributed by atoms with Crippen LogP contribution in [0.2, 0.25) is 0 Å². The molecular formula is C24H27ClN4O2. The van der Waals surface area contributed by atoms with Crippen molar-refractivity contribution in [1.82, 2.24) is 14.5 Å². The number of carbonyl (C=O) groups excluding carboxylic acids is 1. The Hall–Kier alpha value is -2.86. The molecule has 0 spiro atoms. The van der Waals surface area contributed by atoms with Crippen molar-refractivity contribution in [3.8, 4) is 5.69 Å². The number of halogens is 1. The fourth-order valence-corrected chi connectivity index (χ4v) is 4.67. The van der Waals surface area contributed by atoms with Gasteiger partial charge in [-0.1, -0.05) is 25.5 Å². The lowest BCUT2D eigenvalue weighted by Gasteiger charge is -2.18. The highest BCUT2D eigenvalue weighted by atomic mass is 35.5. The van der Waals surface area contributed by atoms with Crippen LogP contribution in [0.25, 0.3) is 16.6 Å². The normalized spacial score (nSPS) is 17.8. The van der Waals surface area contributed by atoms with Gasteiger partial charge in [0, 0.05) is 25.2 Å². The Morgan fingerprint density at radius 2 is 1.77 bits per heavy atom. The second-order valence-corrected chi connectivity index (χ2v) is 8.19. The van der Waals surface area contributed by atoms with Gasteiger partial charge in [-0.15, -0.1) is 12.4 Å². The molecule has 3 heterocycles. The van der Waals surface area contributed by atoms with E-state index in [4.69, 9.17) is 4.98 Å². The summed E-state index contributed by atoms with van der Waals surface area (Å²) in [6.45, 7) is 3.74. The summed E-state index contributed by atoms with van der Waals surface area (Å²) in [5.41, 5.74) is 2.37. The lowest BCUT2D eigenvalue weighted by Crippen LogP contribution is -2.31. The molecule has 6 nitrogen and oxygen atoms in total. The summed E-state index contributed by atoms with van der Waals surface area (Å²) in [7, 11) is 0. The maximum atomic E-state index is 13.3. The predicted octanol–water partition coefficient (Wildman–Crippen LogP) is 4.55. The van der Waals surface area contributed by atoms with Crippen LogP contribution in [0, 0.1) is 0 Å². The van der Waals surface area contributed by atoms with Crippen LogP contribution in [0.4, 0.5) is 10.5 Å². The summed E-state index contributed by atoms with van der Waals surface area (Å²) >= 11 is 0. The number of aromatic nitrogens is 2. The third-order valence-electron chi connectivity index (χ3n) is 6.27. The van der Waals surface area contributed by atoms with E-state index in [0.717, 1.165) is 67.9 Å². The summed E-state index contributed by atoms with van der Waals surface area (Å²) in [6.07, 6.45) is 4.94. The lowest BCUT2D eigenvalue weighted by atomic mass is 10.2. The van der Waals surface area contributed by atoms with Crippen LogP contribution in [0.15, 0.2) is 53.3 Å². The van der Waals surface area contributed by atoms with Gasteiger partial charge in [-0.2, -0.15) is 0 Å². The summed E-state index contributed by atoms with van der Waals surface area (Å²) in [5, 5.41) is 0.622. The van der Waals surface area contributed by atoms with Crippen molar-refractivity contribution in [2.24, 2.45) is 0 Å². The van der Waals surface area contributed by atoms with E-state index < -0.39 is 0 Å². The topological polar surface area (TPSA) is 58.4 Å². The molecule has 0 N–H and O–H groups in total. The predicted molar refractivity (Wildman–Crippen MR) is 126 cm³/mol. The molecule has 2 aliphatic heterocycles. The minimum Gasteiger partial charge on any atom is -0.320 e. The van der Waals surface area contributed by atoms with Gasteiger partial charge in [-0.3, -0.25) is 14.3 Å². The number of urea groups is 1. The Labute approximate surface area is 187 Å². The van der Waals surface area contributed by atoms with E-state index in [0.29, 0.717) is 11.4 Å². The van der Waals surface area contributed by atoms with Gasteiger partial charge >= 0.3 is 6.03 Å². The van der Waals surface area contributed by atoms with Gasteiger partial charge in [0.25, 0.3) is 5.56 Å². The number of benzene rings is 2. The van der Waals surface area contributed by atoms with Crippen molar-refractivity contribution in [2.45, 2.75) is 45.1 Å². The third kappa shape index (κ3) is 3.69. The molecular weight excluding hydrogens is 412 g/mol. The molecule has 0 bridgehead atoms. The number of carbonyl (C=O) groups is 1. The minimum atomic E-state index is -0.0441. The molecule has 162 valence electrons. The van der Waals surface area contributed by atoms with Gasteiger partial charge in [0.15, 0.2) is 0 Å². The van der Waals surface area contributed by atoms with E-state index in [2.05, 4.69) is 6.92 Å². The van der Waals surface area contributed by atoms with Gasteiger partial charge in [-0.05, 0) is 55.7 Å². The molecule has 0 unspecified atom stereocenters. The van der Waals surface area contributed by atoms with Crippen LogP contribution in [0.1, 0.15) is 38.4 Å². The van der Waals surface area contributed by atoms with Gasteiger partial charge in [0.05, 0.1) is 22.6 Å². The van der Waals surface area contributed by atoms with E-state index in [-0.39, 0.29) is 24.0 Å². The summed E-state index contributed by atoms with van der Waals surface area (Å²) in [4.78, 5) is 34.6. The highest BCUT2D eigenvalue weighted by Crippen LogP contribution is 2.30. The van der Waals surface area contributed by atoms with E-state index in [1.807, 2.05) is 58.3 Å². The zero-order valence-electron chi connectivity index (χ0n) is 17.7. The van der Waals surface area contributed by atoms with Crippen LogP contribution in [0.5, 0.6) is 0 Å². The van der Waals surface area contributed by atoms with Gasteiger partial charge in [0.2, 0.25) is 0 Å². The summed E-state index contributed by atoms with van der Waals surface area (Å²) in [5.74, 6) is 0.784. The molecule has 2 aliphatic rings. The van der Waals surface area contributed by atoms with Crippen molar-refractivity contribution in [1.29, 1.82) is 0 Å². The molecule has 1 atom stereocenters. The van der Waals surface area contributed by atoms with Crippen molar-refractivity contribution >= 4 is 35.0 Å². The molecule has 2 fully saturated rings.